The molecule has 0 N–H and O–H groups in total. The Labute approximate surface area is 104 Å². The van der Waals surface area contributed by atoms with Crippen LogP contribution in [-0.4, -0.2) is 23.8 Å². The van der Waals surface area contributed by atoms with Gasteiger partial charge in [0.1, 0.15) is 0 Å². The van der Waals surface area contributed by atoms with Gasteiger partial charge in [0.15, 0.2) is 0 Å². The van der Waals surface area contributed by atoms with Gasteiger partial charge < -0.3 is 0 Å². The normalized spacial score (nSPS) is 14.2. The summed E-state index contributed by atoms with van der Waals surface area (Å²) in [4.78, 5) is 25.4. The number of rotatable bonds is 1. The molecule has 0 saturated carbocycles. The smallest absolute Gasteiger partial charge is 0.261 e. The number of imide groups is 1. The summed E-state index contributed by atoms with van der Waals surface area (Å²) in [6.07, 6.45) is 1.70. The fraction of sp³-hybridized carbons (Fsp3) is 0.0667. The number of hydrogen-bond acceptors (Lipinski definition) is 2. The maximum atomic E-state index is 12.2. The molecule has 0 atom stereocenters. The van der Waals surface area contributed by atoms with Gasteiger partial charge in [-0.15, -0.1) is 0 Å². The first-order chi connectivity index (χ1) is 8.63. The minimum Gasteiger partial charge on any atom is -0.277 e. The maximum Gasteiger partial charge on any atom is 0.261 e. The van der Waals surface area contributed by atoms with Gasteiger partial charge in [0.25, 0.3) is 11.8 Å². The molecule has 0 spiro atoms. The molecule has 2 aromatic rings. The third-order valence-corrected chi connectivity index (χ3v) is 3.30. The molecule has 0 unspecified atom stereocenters. The van der Waals surface area contributed by atoms with Crippen molar-refractivity contribution in [3.8, 4) is 0 Å². The summed E-state index contributed by atoms with van der Waals surface area (Å²) in [6.45, 7) is 3.72. The Kier molecular flexibility index (Phi) is 2.10. The molecule has 0 fully saturated rings. The van der Waals surface area contributed by atoms with E-state index in [4.69, 9.17) is 0 Å². The van der Waals surface area contributed by atoms with Gasteiger partial charge >= 0.3 is 0 Å². The Morgan fingerprint density at radius 1 is 1.11 bits per heavy atom. The second-order valence-electron chi connectivity index (χ2n) is 4.35. The highest BCUT2D eigenvalue weighted by Gasteiger charge is 2.29. The van der Waals surface area contributed by atoms with Gasteiger partial charge in [0.2, 0.25) is 0 Å². The number of benzene rings is 2. The van der Waals surface area contributed by atoms with Crippen LogP contribution >= 0.6 is 0 Å². The zero-order valence-electron chi connectivity index (χ0n) is 9.93. The fourth-order valence-electron chi connectivity index (χ4n) is 2.37. The zero-order valence-corrected chi connectivity index (χ0v) is 9.93. The van der Waals surface area contributed by atoms with Crippen LogP contribution in [0.4, 0.5) is 0 Å². The Morgan fingerprint density at radius 2 is 1.83 bits per heavy atom. The van der Waals surface area contributed by atoms with E-state index < -0.39 is 0 Å². The Balaban J connectivity index is 2.51. The van der Waals surface area contributed by atoms with E-state index in [0.717, 1.165) is 21.2 Å². The highest BCUT2D eigenvalue weighted by Crippen LogP contribution is 2.30. The summed E-state index contributed by atoms with van der Waals surface area (Å²) in [5.74, 6) is -0.503. The minimum atomic E-state index is -0.257. The first-order valence-corrected chi connectivity index (χ1v) is 5.65. The van der Waals surface area contributed by atoms with E-state index in [1.54, 1.807) is 18.2 Å². The summed E-state index contributed by atoms with van der Waals surface area (Å²) in [6, 6.07) is 9.20. The van der Waals surface area contributed by atoms with Crippen molar-refractivity contribution in [1.82, 2.24) is 4.90 Å². The maximum absolute atomic E-state index is 12.2. The van der Waals surface area contributed by atoms with Crippen molar-refractivity contribution < 1.29 is 9.59 Å². The van der Waals surface area contributed by atoms with Gasteiger partial charge in [-0.1, -0.05) is 24.8 Å². The van der Waals surface area contributed by atoms with Crippen molar-refractivity contribution in [2.45, 2.75) is 0 Å². The van der Waals surface area contributed by atoms with Gasteiger partial charge in [-0.2, -0.15) is 0 Å². The van der Waals surface area contributed by atoms with Gasteiger partial charge in [-0.3, -0.25) is 14.5 Å². The van der Waals surface area contributed by atoms with Crippen molar-refractivity contribution in [1.29, 1.82) is 0 Å². The van der Waals surface area contributed by atoms with E-state index in [2.05, 4.69) is 6.58 Å². The molecule has 0 aliphatic carbocycles. The third-order valence-electron chi connectivity index (χ3n) is 3.30. The van der Waals surface area contributed by atoms with E-state index in [9.17, 15) is 9.59 Å². The average molecular weight is 237 g/mol. The second-order valence-corrected chi connectivity index (χ2v) is 4.35. The van der Waals surface area contributed by atoms with Crippen LogP contribution in [0.5, 0.6) is 0 Å². The van der Waals surface area contributed by atoms with E-state index in [0.29, 0.717) is 11.1 Å². The summed E-state index contributed by atoms with van der Waals surface area (Å²) in [5, 5.41) is 1.64. The quantitative estimate of drug-likeness (QED) is 0.715. The lowest BCUT2D eigenvalue weighted by molar-refractivity contribution is 0.0650. The van der Waals surface area contributed by atoms with E-state index in [1.165, 1.54) is 7.05 Å². The van der Waals surface area contributed by atoms with Crippen molar-refractivity contribution in [2.24, 2.45) is 0 Å². The molecule has 3 rings (SSSR count). The van der Waals surface area contributed by atoms with Crippen molar-refractivity contribution >= 4 is 28.7 Å². The van der Waals surface area contributed by atoms with Crippen molar-refractivity contribution in [3.63, 3.8) is 0 Å². The molecule has 1 heterocycles. The summed E-state index contributed by atoms with van der Waals surface area (Å²) in [7, 11) is 1.51. The molecule has 88 valence electrons. The number of carbonyl (C=O) groups is 2. The molecular formula is C15H11NO2. The van der Waals surface area contributed by atoms with E-state index in [1.807, 2.05) is 18.2 Å². The van der Waals surface area contributed by atoms with Gasteiger partial charge in [-0.05, 0) is 29.1 Å². The van der Waals surface area contributed by atoms with Crippen LogP contribution in [0.15, 0.2) is 36.9 Å². The lowest BCUT2D eigenvalue weighted by atomic mass is 9.92. The summed E-state index contributed by atoms with van der Waals surface area (Å²) in [5.41, 5.74) is 2.03. The lowest BCUT2D eigenvalue weighted by Crippen LogP contribution is -2.36. The Morgan fingerprint density at radius 3 is 2.56 bits per heavy atom. The summed E-state index contributed by atoms with van der Waals surface area (Å²) < 4.78 is 0. The molecule has 3 nitrogen and oxygen atoms in total. The molecule has 0 radical (unpaired) electrons. The molecule has 0 saturated heterocycles. The van der Waals surface area contributed by atoms with E-state index in [-0.39, 0.29) is 11.8 Å². The molecule has 18 heavy (non-hydrogen) atoms. The highest BCUT2D eigenvalue weighted by molar-refractivity contribution is 6.25. The number of amides is 2. The number of hydrogen-bond donors (Lipinski definition) is 0. The van der Waals surface area contributed by atoms with Gasteiger partial charge in [-0.25, -0.2) is 0 Å². The largest absolute Gasteiger partial charge is 0.277 e. The van der Waals surface area contributed by atoms with Gasteiger partial charge in [0, 0.05) is 23.6 Å². The molecule has 1 aliphatic rings. The summed E-state index contributed by atoms with van der Waals surface area (Å²) >= 11 is 0. The molecule has 3 heteroatoms. The van der Waals surface area contributed by atoms with Crippen LogP contribution in [0.25, 0.3) is 16.8 Å². The molecule has 2 amide bonds. The molecule has 0 aromatic heterocycles. The van der Waals surface area contributed by atoms with Gasteiger partial charge in [0.05, 0.1) is 0 Å². The third kappa shape index (κ3) is 1.24. The predicted octanol–water partition coefficient (Wildman–Crippen LogP) is 2.71. The SMILES string of the molecule is C=Cc1cc2c3c(cccc3c1)C(=O)N(C)C2=O. The standard InChI is InChI=1S/C15H11NO2/c1-3-9-7-10-5-4-6-11-13(10)12(8-9)15(18)16(2)14(11)17/h3-8H,1H2,2H3. The topological polar surface area (TPSA) is 37.4 Å². The van der Waals surface area contributed by atoms with Crippen LogP contribution in [0, 0.1) is 0 Å². The molecule has 0 bridgehead atoms. The van der Waals surface area contributed by atoms with Crippen LogP contribution < -0.4 is 0 Å². The lowest BCUT2D eigenvalue weighted by Gasteiger charge is -2.24. The van der Waals surface area contributed by atoms with Crippen LogP contribution in [0.2, 0.25) is 0 Å². The highest BCUT2D eigenvalue weighted by atomic mass is 16.2. The van der Waals surface area contributed by atoms with E-state index >= 15 is 0 Å². The van der Waals surface area contributed by atoms with Crippen LogP contribution in [0.1, 0.15) is 26.3 Å². The average Bonchev–Trinajstić information content (AvgIpc) is 2.41. The number of carbonyl (C=O) groups excluding carboxylic acids is 2. The fourth-order valence-corrected chi connectivity index (χ4v) is 2.37. The first-order valence-electron chi connectivity index (χ1n) is 5.65. The van der Waals surface area contributed by atoms with Crippen LogP contribution in [0.3, 0.4) is 0 Å². The predicted molar refractivity (Wildman–Crippen MR) is 70.5 cm³/mol. The second kappa shape index (κ2) is 3.53. The molecule has 2 aromatic carbocycles. The van der Waals surface area contributed by atoms with Crippen molar-refractivity contribution in [3.05, 3.63) is 53.6 Å². The zero-order chi connectivity index (χ0) is 12.9. The number of nitrogens with zero attached hydrogens (tertiary/aromatic N) is 1. The molecule has 1 aliphatic heterocycles. The minimum absolute atomic E-state index is 0.246. The van der Waals surface area contributed by atoms with Crippen LogP contribution in [-0.2, 0) is 0 Å². The molecular weight excluding hydrogens is 226 g/mol. The monoisotopic (exact) mass is 237 g/mol. The Hall–Kier alpha value is -2.42. The first kappa shape index (κ1) is 10.7. The Bertz CT molecular complexity index is 716. The van der Waals surface area contributed by atoms with Crippen molar-refractivity contribution in [2.75, 3.05) is 7.05 Å².